The van der Waals surface area contributed by atoms with Gasteiger partial charge in [0.25, 0.3) is 0 Å². The van der Waals surface area contributed by atoms with Crippen molar-refractivity contribution >= 4 is 40.3 Å². The van der Waals surface area contributed by atoms with Gasteiger partial charge in [0, 0.05) is 10.1 Å². The summed E-state index contributed by atoms with van der Waals surface area (Å²) < 4.78 is 0.816. The molecule has 21 heavy (non-hydrogen) atoms. The van der Waals surface area contributed by atoms with Crippen LogP contribution >= 0.6 is 22.6 Å². The Kier molecular flexibility index (Phi) is 5.44. The summed E-state index contributed by atoms with van der Waals surface area (Å²) in [4.78, 5) is 23.1. The van der Waals surface area contributed by atoms with Gasteiger partial charge in [0.1, 0.15) is 0 Å². The Morgan fingerprint density at radius 1 is 1.38 bits per heavy atom. The van der Waals surface area contributed by atoms with Crippen LogP contribution in [0.4, 0.5) is 10.5 Å². The van der Waals surface area contributed by atoms with Crippen molar-refractivity contribution in [1.82, 2.24) is 5.32 Å². The van der Waals surface area contributed by atoms with Crippen LogP contribution in [0.5, 0.6) is 0 Å². The molecule has 0 heterocycles. The van der Waals surface area contributed by atoms with Crippen molar-refractivity contribution < 1.29 is 14.7 Å². The van der Waals surface area contributed by atoms with Gasteiger partial charge in [0.15, 0.2) is 0 Å². The lowest BCUT2D eigenvalue weighted by Crippen LogP contribution is -2.33. The van der Waals surface area contributed by atoms with Crippen molar-refractivity contribution in [3.8, 4) is 0 Å². The lowest BCUT2D eigenvalue weighted by Gasteiger charge is -2.13. The number of halogens is 1. The maximum absolute atomic E-state index is 11.9. The number of hydrogen-bond acceptors (Lipinski definition) is 2. The predicted octanol–water partition coefficient (Wildman–Crippen LogP) is 3.55. The third kappa shape index (κ3) is 4.59. The fraction of sp³-hybridized carbons (Fsp3) is 0.467. The number of urea groups is 1. The van der Waals surface area contributed by atoms with Gasteiger partial charge in [0.2, 0.25) is 0 Å². The highest BCUT2D eigenvalue weighted by atomic mass is 127. The van der Waals surface area contributed by atoms with Crippen molar-refractivity contribution in [1.29, 1.82) is 0 Å². The Morgan fingerprint density at radius 3 is 2.76 bits per heavy atom. The number of amides is 2. The average molecular weight is 402 g/mol. The molecule has 2 amide bonds. The minimum Gasteiger partial charge on any atom is -0.478 e. The summed E-state index contributed by atoms with van der Waals surface area (Å²) in [5, 5.41) is 14.6. The first-order chi connectivity index (χ1) is 9.95. The van der Waals surface area contributed by atoms with Gasteiger partial charge < -0.3 is 15.7 Å². The number of rotatable bonds is 4. The molecule has 1 aromatic carbocycles. The molecule has 0 spiro atoms. The van der Waals surface area contributed by atoms with Gasteiger partial charge in [-0.3, -0.25) is 0 Å². The number of carboxylic acid groups (broad SMARTS) is 1. The van der Waals surface area contributed by atoms with Crippen LogP contribution in [0.15, 0.2) is 18.2 Å². The molecular formula is C15H19IN2O3. The van der Waals surface area contributed by atoms with E-state index in [9.17, 15) is 9.59 Å². The molecule has 1 fully saturated rings. The van der Waals surface area contributed by atoms with Gasteiger partial charge in [-0.05, 0) is 65.5 Å². The van der Waals surface area contributed by atoms with Crippen LogP contribution in [0.2, 0.25) is 0 Å². The lowest BCUT2D eigenvalue weighted by atomic mass is 10.1. The van der Waals surface area contributed by atoms with Crippen molar-refractivity contribution in [2.45, 2.75) is 26.2 Å². The van der Waals surface area contributed by atoms with E-state index < -0.39 is 5.97 Å². The number of carboxylic acids is 1. The van der Waals surface area contributed by atoms with Crippen LogP contribution in [0.1, 0.15) is 36.5 Å². The molecule has 1 aliphatic rings. The van der Waals surface area contributed by atoms with Crippen LogP contribution in [-0.4, -0.2) is 23.7 Å². The van der Waals surface area contributed by atoms with Gasteiger partial charge in [-0.15, -0.1) is 0 Å². The van der Waals surface area contributed by atoms with Crippen LogP contribution in [0.25, 0.3) is 0 Å². The van der Waals surface area contributed by atoms with E-state index >= 15 is 0 Å². The largest absolute Gasteiger partial charge is 0.478 e. The van der Waals surface area contributed by atoms with E-state index in [1.807, 2.05) is 22.6 Å². The van der Waals surface area contributed by atoms with E-state index in [0.29, 0.717) is 18.2 Å². The zero-order valence-electron chi connectivity index (χ0n) is 11.9. The predicted molar refractivity (Wildman–Crippen MR) is 89.6 cm³/mol. The first-order valence-corrected chi connectivity index (χ1v) is 8.11. The number of carbonyl (C=O) groups is 2. The minimum atomic E-state index is -1.05. The molecule has 2 atom stereocenters. The Balaban J connectivity index is 1.92. The number of aromatic carboxylic acids is 1. The topological polar surface area (TPSA) is 78.4 Å². The Bertz CT molecular complexity index is 548. The summed E-state index contributed by atoms with van der Waals surface area (Å²) in [6.45, 7) is 2.87. The average Bonchev–Trinajstić information content (AvgIpc) is 2.84. The fourth-order valence-corrected chi connectivity index (χ4v) is 3.21. The quantitative estimate of drug-likeness (QED) is 0.675. The highest BCUT2D eigenvalue weighted by molar-refractivity contribution is 14.1. The highest BCUT2D eigenvalue weighted by Crippen LogP contribution is 2.29. The van der Waals surface area contributed by atoms with Crippen molar-refractivity contribution in [3.63, 3.8) is 0 Å². The van der Waals surface area contributed by atoms with Gasteiger partial charge in [0.05, 0.1) is 11.3 Å². The van der Waals surface area contributed by atoms with Crippen molar-refractivity contribution in [2.24, 2.45) is 11.8 Å². The summed E-state index contributed by atoms with van der Waals surface area (Å²) in [6, 6.07) is 4.57. The molecule has 0 radical (unpaired) electrons. The van der Waals surface area contributed by atoms with Crippen LogP contribution in [0, 0.1) is 15.4 Å². The third-order valence-electron chi connectivity index (χ3n) is 3.81. The third-order valence-corrected chi connectivity index (χ3v) is 4.49. The molecule has 0 saturated heterocycles. The van der Waals surface area contributed by atoms with E-state index in [1.165, 1.54) is 12.5 Å². The molecule has 6 heteroatoms. The Morgan fingerprint density at radius 2 is 2.14 bits per heavy atom. The molecule has 2 unspecified atom stereocenters. The molecule has 114 valence electrons. The molecule has 1 aliphatic carbocycles. The zero-order valence-corrected chi connectivity index (χ0v) is 14.0. The lowest BCUT2D eigenvalue weighted by molar-refractivity contribution is 0.0698. The summed E-state index contributed by atoms with van der Waals surface area (Å²) in [5.41, 5.74) is 0.423. The second-order valence-electron chi connectivity index (χ2n) is 5.61. The molecular weight excluding hydrogens is 383 g/mol. The molecule has 3 N–H and O–H groups in total. The maximum Gasteiger partial charge on any atom is 0.337 e. The smallest absolute Gasteiger partial charge is 0.337 e. The summed E-state index contributed by atoms with van der Waals surface area (Å²) >= 11 is 2.04. The normalized spacial score (nSPS) is 21.0. The molecule has 0 aromatic heterocycles. The number of benzene rings is 1. The molecule has 0 aliphatic heterocycles. The fourth-order valence-electron chi connectivity index (χ4n) is 2.72. The maximum atomic E-state index is 11.9. The molecule has 2 rings (SSSR count). The Labute approximate surface area is 137 Å². The molecule has 1 saturated carbocycles. The van der Waals surface area contributed by atoms with E-state index in [4.69, 9.17) is 5.11 Å². The number of anilines is 1. The van der Waals surface area contributed by atoms with Crippen LogP contribution in [0.3, 0.4) is 0 Å². The SMILES string of the molecule is CC1CCC(CNC(=O)Nc2ccc(I)cc2C(=O)O)C1. The van der Waals surface area contributed by atoms with Gasteiger partial charge in [-0.1, -0.05) is 13.3 Å². The summed E-state index contributed by atoms with van der Waals surface area (Å²) in [7, 11) is 0. The van der Waals surface area contributed by atoms with Gasteiger partial charge in [-0.25, -0.2) is 9.59 Å². The van der Waals surface area contributed by atoms with E-state index in [0.717, 1.165) is 22.3 Å². The van der Waals surface area contributed by atoms with E-state index in [-0.39, 0.29) is 11.6 Å². The van der Waals surface area contributed by atoms with E-state index in [1.54, 1.807) is 12.1 Å². The van der Waals surface area contributed by atoms with Crippen molar-refractivity contribution in [2.75, 3.05) is 11.9 Å². The first-order valence-electron chi connectivity index (χ1n) is 7.03. The van der Waals surface area contributed by atoms with Crippen LogP contribution in [-0.2, 0) is 0 Å². The zero-order chi connectivity index (χ0) is 15.4. The Hall–Kier alpha value is -1.31. The minimum absolute atomic E-state index is 0.103. The second kappa shape index (κ2) is 7.11. The summed E-state index contributed by atoms with van der Waals surface area (Å²) in [6.07, 6.45) is 3.50. The van der Waals surface area contributed by atoms with Gasteiger partial charge >= 0.3 is 12.0 Å². The first kappa shape index (κ1) is 16.1. The number of nitrogens with one attached hydrogen (secondary N) is 2. The molecule has 0 bridgehead atoms. The monoisotopic (exact) mass is 402 g/mol. The number of carbonyl (C=O) groups excluding carboxylic acids is 1. The van der Waals surface area contributed by atoms with Gasteiger partial charge in [-0.2, -0.15) is 0 Å². The molecule has 5 nitrogen and oxygen atoms in total. The summed E-state index contributed by atoms with van der Waals surface area (Å²) in [5.74, 6) is 0.213. The van der Waals surface area contributed by atoms with Crippen molar-refractivity contribution in [3.05, 3.63) is 27.3 Å². The molecule has 1 aromatic rings. The second-order valence-corrected chi connectivity index (χ2v) is 6.86. The highest BCUT2D eigenvalue weighted by Gasteiger charge is 2.21. The standard InChI is InChI=1S/C15H19IN2O3/c1-9-2-3-10(6-9)8-17-15(21)18-13-5-4-11(16)7-12(13)14(19)20/h4-5,7,9-10H,2-3,6,8H2,1H3,(H,19,20)(H2,17,18,21). The number of hydrogen-bond donors (Lipinski definition) is 3. The van der Waals surface area contributed by atoms with Crippen LogP contribution < -0.4 is 10.6 Å². The van der Waals surface area contributed by atoms with E-state index in [2.05, 4.69) is 17.6 Å².